The van der Waals surface area contributed by atoms with Crippen molar-refractivity contribution in [2.24, 2.45) is 0 Å². The summed E-state index contributed by atoms with van der Waals surface area (Å²) in [6, 6.07) is 14.6. The second kappa shape index (κ2) is 9.39. The lowest BCUT2D eigenvalue weighted by Crippen LogP contribution is -2.42. The summed E-state index contributed by atoms with van der Waals surface area (Å²) in [5.74, 6) is 1.67. The van der Waals surface area contributed by atoms with E-state index in [1.165, 1.54) is 11.1 Å². The summed E-state index contributed by atoms with van der Waals surface area (Å²) in [5, 5.41) is 4.34. The fourth-order valence-corrected chi connectivity index (χ4v) is 4.05. The molecule has 1 aliphatic rings. The van der Waals surface area contributed by atoms with Crippen LogP contribution in [0.15, 0.2) is 42.5 Å². The Morgan fingerprint density at radius 1 is 1.10 bits per heavy atom. The molecule has 1 unspecified atom stereocenters. The van der Waals surface area contributed by atoms with E-state index in [1.54, 1.807) is 4.68 Å². The van der Waals surface area contributed by atoms with E-state index in [0.717, 1.165) is 29.5 Å². The van der Waals surface area contributed by atoms with Crippen molar-refractivity contribution in [3.63, 3.8) is 0 Å². The summed E-state index contributed by atoms with van der Waals surface area (Å²) in [7, 11) is 0. The summed E-state index contributed by atoms with van der Waals surface area (Å²) < 4.78 is 7.80. The number of morpholine rings is 1. The molecule has 0 N–H and O–H groups in total. The van der Waals surface area contributed by atoms with Crippen LogP contribution in [-0.2, 0) is 22.5 Å². The zero-order valence-electron chi connectivity index (χ0n) is 18.4. The van der Waals surface area contributed by atoms with Gasteiger partial charge in [-0.1, -0.05) is 30.3 Å². The van der Waals surface area contributed by atoms with Crippen LogP contribution in [0.1, 0.15) is 46.7 Å². The molecule has 0 bridgehead atoms. The Kier molecular flexibility index (Phi) is 6.42. The summed E-state index contributed by atoms with van der Waals surface area (Å²) in [6.07, 6.45) is 1.04. The van der Waals surface area contributed by atoms with Crippen LogP contribution in [0.5, 0.6) is 0 Å². The first-order valence-corrected chi connectivity index (χ1v) is 10.8. The van der Waals surface area contributed by atoms with Crippen molar-refractivity contribution >= 4 is 5.91 Å². The number of carbonyl (C=O) groups excluding carboxylic acids is 1. The second-order valence-corrected chi connectivity index (χ2v) is 8.08. The first kappa shape index (κ1) is 21.2. The maximum atomic E-state index is 12.8. The third-order valence-corrected chi connectivity index (χ3v) is 5.53. The predicted molar refractivity (Wildman–Crippen MR) is 118 cm³/mol. The van der Waals surface area contributed by atoms with E-state index >= 15 is 0 Å². The zero-order valence-corrected chi connectivity index (χ0v) is 18.4. The number of nitrogens with zero attached hydrogens (tertiary/aromatic N) is 5. The first-order valence-electron chi connectivity index (χ1n) is 10.8. The highest BCUT2D eigenvalue weighted by molar-refractivity contribution is 5.76. The molecule has 0 aliphatic carbocycles. The van der Waals surface area contributed by atoms with E-state index in [2.05, 4.69) is 46.5 Å². The highest BCUT2D eigenvalue weighted by Gasteiger charge is 2.26. The molecule has 7 heteroatoms. The SMILES string of the molecule is Cc1cc(Cc2ccccc2)cc(C2CN(C(=O)CCn3nc(C)nc3C)CCO2)n1. The number of amides is 1. The minimum absolute atomic E-state index is 0.109. The van der Waals surface area contributed by atoms with E-state index in [0.29, 0.717) is 32.7 Å². The molecule has 3 aromatic rings. The normalized spacial score (nSPS) is 16.5. The number of rotatable bonds is 6. The molecule has 31 heavy (non-hydrogen) atoms. The molecular weight excluding hydrogens is 390 g/mol. The van der Waals surface area contributed by atoms with Crippen molar-refractivity contribution in [1.82, 2.24) is 24.6 Å². The van der Waals surface area contributed by atoms with Crippen LogP contribution < -0.4 is 0 Å². The molecule has 1 aromatic carbocycles. The molecule has 4 rings (SSSR count). The second-order valence-electron chi connectivity index (χ2n) is 8.08. The smallest absolute Gasteiger partial charge is 0.224 e. The Bertz CT molecular complexity index is 1050. The van der Waals surface area contributed by atoms with Gasteiger partial charge in [-0.3, -0.25) is 9.78 Å². The number of carbonyl (C=O) groups is 1. The number of aromatic nitrogens is 4. The lowest BCUT2D eigenvalue weighted by Gasteiger charge is -2.33. The lowest BCUT2D eigenvalue weighted by atomic mass is 10.0. The van der Waals surface area contributed by atoms with E-state index in [1.807, 2.05) is 31.7 Å². The van der Waals surface area contributed by atoms with Gasteiger partial charge in [-0.2, -0.15) is 5.10 Å². The number of ether oxygens (including phenoxy) is 1. The Labute approximate surface area is 183 Å². The highest BCUT2D eigenvalue weighted by Crippen LogP contribution is 2.24. The molecule has 0 saturated carbocycles. The van der Waals surface area contributed by atoms with Gasteiger partial charge in [-0.25, -0.2) is 9.67 Å². The molecule has 1 amide bonds. The van der Waals surface area contributed by atoms with Crippen molar-refractivity contribution < 1.29 is 9.53 Å². The van der Waals surface area contributed by atoms with Crippen molar-refractivity contribution in [3.8, 4) is 0 Å². The fraction of sp³-hybridized carbons (Fsp3) is 0.417. The van der Waals surface area contributed by atoms with E-state index in [4.69, 9.17) is 9.72 Å². The van der Waals surface area contributed by atoms with Crippen LogP contribution in [-0.4, -0.2) is 50.3 Å². The first-order chi connectivity index (χ1) is 15.0. The van der Waals surface area contributed by atoms with Crippen LogP contribution in [0.2, 0.25) is 0 Å². The molecule has 7 nitrogen and oxygen atoms in total. The van der Waals surface area contributed by atoms with Crippen molar-refractivity contribution in [2.45, 2.75) is 46.3 Å². The number of hydrogen-bond acceptors (Lipinski definition) is 5. The zero-order chi connectivity index (χ0) is 21.8. The third kappa shape index (κ3) is 5.35. The van der Waals surface area contributed by atoms with Crippen molar-refractivity contribution in [2.75, 3.05) is 19.7 Å². The van der Waals surface area contributed by atoms with Gasteiger partial charge >= 0.3 is 0 Å². The number of pyridine rings is 1. The summed E-state index contributed by atoms with van der Waals surface area (Å²) in [4.78, 5) is 23.7. The standard InChI is InChI=1S/C24H29N5O2/c1-17-13-21(14-20-7-5-4-6-8-20)15-22(25-17)23-16-28(11-12-31-23)24(30)9-10-29-19(3)26-18(2)27-29/h4-8,13,15,23H,9-12,14,16H2,1-3H3. The van der Waals surface area contributed by atoms with E-state index in [9.17, 15) is 4.79 Å². The van der Waals surface area contributed by atoms with Crippen LogP contribution in [0.4, 0.5) is 0 Å². The maximum Gasteiger partial charge on any atom is 0.224 e. The molecule has 0 radical (unpaired) electrons. The Morgan fingerprint density at radius 3 is 2.65 bits per heavy atom. The van der Waals surface area contributed by atoms with Gasteiger partial charge in [0.2, 0.25) is 5.91 Å². The quantitative estimate of drug-likeness (QED) is 0.614. The number of benzene rings is 1. The topological polar surface area (TPSA) is 73.1 Å². The largest absolute Gasteiger partial charge is 0.368 e. The summed E-state index contributed by atoms with van der Waals surface area (Å²) in [6.45, 7) is 7.96. The monoisotopic (exact) mass is 419 g/mol. The Hall–Kier alpha value is -3.06. The number of hydrogen-bond donors (Lipinski definition) is 0. The molecule has 1 saturated heterocycles. The fourth-order valence-electron chi connectivity index (χ4n) is 4.05. The third-order valence-electron chi connectivity index (χ3n) is 5.53. The van der Waals surface area contributed by atoms with Gasteiger partial charge < -0.3 is 9.64 Å². The lowest BCUT2D eigenvalue weighted by molar-refractivity contribution is -0.139. The van der Waals surface area contributed by atoms with Gasteiger partial charge in [0.1, 0.15) is 17.8 Å². The van der Waals surface area contributed by atoms with Gasteiger partial charge in [0, 0.05) is 18.7 Å². The minimum Gasteiger partial charge on any atom is -0.368 e. The molecule has 1 aliphatic heterocycles. The van der Waals surface area contributed by atoms with Crippen LogP contribution in [0, 0.1) is 20.8 Å². The van der Waals surface area contributed by atoms with Crippen LogP contribution in [0.3, 0.4) is 0 Å². The van der Waals surface area contributed by atoms with Gasteiger partial charge in [-0.05, 0) is 50.5 Å². The highest BCUT2D eigenvalue weighted by atomic mass is 16.5. The van der Waals surface area contributed by atoms with E-state index in [-0.39, 0.29) is 12.0 Å². The van der Waals surface area contributed by atoms with Gasteiger partial charge in [0.05, 0.1) is 25.4 Å². The molecule has 2 aromatic heterocycles. The molecule has 1 atom stereocenters. The molecule has 0 spiro atoms. The summed E-state index contributed by atoms with van der Waals surface area (Å²) >= 11 is 0. The Balaban J connectivity index is 1.42. The average molecular weight is 420 g/mol. The van der Waals surface area contributed by atoms with Gasteiger partial charge in [0.25, 0.3) is 0 Å². The van der Waals surface area contributed by atoms with E-state index < -0.39 is 0 Å². The molecular formula is C24H29N5O2. The van der Waals surface area contributed by atoms with Crippen LogP contribution >= 0.6 is 0 Å². The molecule has 162 valence electrons. The molecule has 3 heterocycles. The maximum absolute atomic E-state index is 12.8. The number of aryl methyl sites for hydroxylation is 4. The predicted octanol–water partition coefficient (Wildman–Crippen LogP) is 3.18. The Morgan fingerprint density at radius 2 is 1.90 bits per heavy atom. The average Bonchev–Trinajstić information content (AvgIpc) is 3.09. The summed E-state index contributed by atoms with van der Waals surface area (Å²) in [5.41, 5.74) is 4.33. The van der Waals surface area contributed by atoms with Crippen molar-refractivity contribution in [3.05, 3.63) is 76.6 Å². The van der Waals surface area contributed by atoms with Gasteiger partial charge in [0.15, 0.2) is 0 Å². The minimum atomic E-state index is -0.206. The van der Waals surface area contributed by atoms with Crippen molar-refractivity contribution in [1.29, 1.82) is 0 Å². The van der Waals surface area contributed by atoms with Crippen LogP contribution in [0.25, 0.3) is 0 Å². The molecule has 1 fully saturated rings. The van der Waals surface area contributed by atoms with Gasteiger partial charge in [-0.15, -0.1) is 0 Å².